The zero-order valence-corrected chi connectivity index (χ0v) is 15.3. The molecule has 2 N–H and O–H groups in total. The molecule has 0 bridgehead atoms. The minimum Gasteiger partial charge on any atom is -0.478 e. The van der Waals surface area contributed by atoms with Crippen LogP contribution in [0.2, 0.25) is 0 Å². The number of carboxylic acid groups (broad SMARTS) is 1. The van der Waals surface area contributed by atoms with Crippen molar-refractivity contribution in [3.8, 4) is 0 Å². The number of anilines is 1. The highest BCUT2D eigenvalue weighted by atomic mass is 16.4. The molecule has 0 heterocycles. The van der Waals surface area contributed by atoms with E-state index in [0.29, 0.717) is 5.69 Å². The predicted octanol–water partition coefficient (Wildman–Crippen LogP) is 3.98. The molecule has 6 heteroatoms. The predicted molar refractivity (Wildman–Crippen MR) is 111 cm³/mol. The van der Waals surface area contributed by atoms with Crippen molar-refractivity contribution in [3.05, 3.63) is 83.4 Å². The third kappa shape index (κ3) is 4.82. The number of nitrogens with one attached hydrogen (secondary N) is 1. The Bertz CT molecular complexity index is 985. The van der Waals surface area contributed by atoms with E-state index >= 15 is 0 Å². The Morgan fingerprint density at radius 1 is 1.04 bits per heavy atom. The number of aryl methyl sites for hydroxylation is 1. The summed E-state index contributed by atoms with van der Waals surface area (Å²) in [5.74, 6) is -0.955. The van der Waals surface area contributed by atoms with Crippen molar-refractivity contribution in [2.24, 2.45) is 10.2 Å². The second-order valence-corrected chi connectivity index (χ2v) is 6.33. The zero-order chi connectivity index (χ0) is 19.2. The SMILES string of the molecule is Bc1ccccc1CNc1ccc(/N=N/c2ccc(C(=O)O)cc2)c(C)c1. The first-order valence-electron chi connectivity index (χ1n) is 8.67. The summed E-state index contributed by atoms with van der Waals surface area (Å²) >= 11 is 0. The van der Waals surface area contributed by atoms with E-state index in [0.717, 1.165) is 23.5 Å². The van der Waals surface area contributed by atoms with Gasteiger partial charge in [-0.2, -0.15) is 10.2 Å². The summed E-state index contributed by atoms with van der Waals surface area (Å²) in [6.07, 6.45) is 0. The second kappa shape index (κ2) is 8.32. The molecule has 3 aromatic rings. The summed E-state index contributed by atoms with van der Waals surface area (Å²) in [6.45, 7) is 2.75. The van der Waals surface area contributed by atoms with Gasteiger partial charge in [0.1, 0.15) is 7.85 Å². The van der Waals surface area contributed by atoms with Crippen LogP contribution in [0.1, 0.15) is 21.5 Å². The monoisotopic (exact) mass is 357 g/mol. The number of benzene rings is 3. The molecule has 27 heavy (non-hydrogen) atoms. The van der Waals surface area contributed by atoms with Gasteiger partial charge >= 0.3 is 5.97 Å². The van der Waals surface area contributed by atoms with Crippen LogP contribution in [0.3, 0.4) is 0 Å². The smallest absolute Gasteiger partial charge is 0.335 e. The highest BCUT2D eigenvalue weighted by Gasteiger charge is 2.03. The van der Waals surface area contributed by atoms with Crippen LogP contribution in [0, 0.1) is 6.92 Å². The number of aromatic carboxylic acids is 1. The lowest BCUT2D eigenvalue weighted by atomic mass is 9.91. The Hall–Kier alpha value is -3.41. The Balaban J connectivity index is 1.67. The molecule has 0 fully saturated rings. The number of hydrogen-bond donors (Lipinski definition) is 2. The van der Waals surface area contributed by atoms with Crippen molar-refractivity contribution in [3.63, 3.8) is 0 Å². The quantitative estimate of drug-likeness (QED) is 0.518. The molecule has 3 aromatic carbocycles. The average Bonchev–Trinajstić information content (AvgIpc) is 2.67. The molecular weight excluding hydrogens is 337 g/mol. The number of carbonyl (C=O) groups is 1. The zero-order valence-electron chi connectivity index (χ0n) is 15.3. The fourth-order valence-electron chi connectivity index (χ4n) is 2.67. The van der Waals surface area contributed by atoms with Gasteiger partial charge in [-0.15, -0.1) is 0 Å². The van der Waals surface area contributed by atoms with E-state index in [-0.39, 0.29) is 5.56 Å². The molecule has 134 valence electrons. The van der Waals surface area contributed by atoms with Crippen LogP contribution in [0.4, 0.5) is 17.1 Å². The molecule has 0 amide bonds. The number of nitrogens with zero attached hydrogens (tertiary/aromatic N) is 2. The molecule has 0 aliphatic carbocycles. The third-order valence-electron chi connectivity index (χ3n) is 4.33. The van der Waals surface area contributed by atoms with E-state index in [1.807, 2.05) is 37.3 Å². The van der Waals surface area contributed by atoms with Crippen molar-refractivity contribution < 1.29 is 9.90 Å². The summed E-state index contributed by atoms with van der Waals surface area (Å²) < 4.78 is 0. The van der Waals surface area contributed by atoms with Gasteiger partial charge in [-0.05, 0) is 60.5 Å². The van der Waals surface area contributed by atoms with Gasteiger partial charge in [0.15, 0.2) is 0 Å². The Labute approximate surface area is 159 Å². The first kappa shape index (κ1) is 18.4. The lowest BCUT2D eigenvalue weighted by molar-refractivity contribution is 0.0697. The summed E-state index contributed by atoms with van der Waals surface area (Å²) in [6, 6.07) is 20.6. The van der Waals surface area contributed by atoms with Crippen LogP contribution in [0.5, 0.6) is 0 Å². The number of carboxylic acids is 1. The summed E-state index contributed by atoms with van der Waals surface area (Å²) in [7, 11) is 2.11. The molecule has 0 aliphatic rings. The van der Waals surface area contributed by atoms with Crippen LogP contribution in [-0.4, -0.2) is 18.9 Å². The van der Waals surface area contributed by atoms with Crippen molar-refractivity contribution >= 4 is 36.3 Å². The van der Waals surface area contributed by atoms with Gasteiger partial charge in [0.05, 0.1) is 16.9 Å². The Kier molecular flexibility index (Phi) is 5.66. The third-order valence-corrected chi connectivity index (χ3v) is 4.33. The lowest BCUT2D eigenvalue weighted by Gasteiger charge is -2.10. The number of azo groups is 1. The molecule has 0 spiro atoms. The van der Waals surface area contributed by atoms with E-state index in [4.69, 9.17) is 5.11 Å². The molecule has 0 atom stereocenters. The largest absolute Gasteiger partial charge is 0.478 e. The fourth-order valence-corrected chi connectivity index (χ4v) is 2.67. The second-order valence-electron chi connectivity index (χ2n) is 6.33. The molecule has 3 rings (SSSR count). The maximum atomic E-state index is 10.9. The molecule has 0 saturated carbocycles. The van der Waals surface area contributed by atoms with E-state index in [2.05, 4.69) is 35.5 Å². The highest BCUT2D eigenvalue weighted by Crippen LogP contribution is 2.25. The van der Waals surface area contributed by atoms with E-state index in [1.54, 1.807) is 12.1 Å². The first-order valence-corrected chi connectivity index (χ1v) is 8.67. The van der Waals surface area contributed by atoms with Gasteiger partial charge in [0.25, 0.3) is 0 Å². The van der Waals surface area contributed by atoms with Crippen LogP contribution in [-0.2, 0) is 6.54 Å². The summed E-state index contributed by atoms with van der Waals surface area (Å²) in [5.41, 5.74) is 6.19. The van der Waals surface area contributed by atoms with Gasteiger partial charge < -0.3 is 10.4 Å². The molecule has 0 aliphatic heterocycles. The van der Waals surface area contributed by atoms with Gasteiger partial charge in [-0.3, -0.25) is 0 Å². The highest BCUT2D eigenvalue weighted by molar-refractivity contribution is 6.33. The number of hydrogen-bond acceptors (Lipinski definition) is 4. The molecule has 5 nitrogen and oxygen atoms in total. The molecule has 0 radical (unpaired) electrons. The van der Waals surface area contributed by atoms with Crippen LogP contribution in [0.15, 0.2) is 77.0 Å². The van der Waals surface area contributed by atoms with E-state index < -0.39 is 5.97 Å². The lowest BCUT2D eigenvalue weighted by Crippen LogP contribution is -2.13. The van der Waals surface area contributed by atoms with Crippen LogP contribution < -0.4 is 10.8 Å². The fraction of sp³-hybridized carbons (Fsp3) is 0.0952. The number of rotatable bonds is 6. The van der Waals surface area contributed by atoms with Crippen LogP contribution in [0.25, 0.3) is 0 Å². The normalized spacial score (nSPS) is 10.9. The van der Waals surface area contributed by atoms with Gasteiger partial charge in [0.2, 0.25) is 0 Å². The summed E-state index contributed by atoms with van der Waals surface area (Å²) in [4.78, 5) is 10.9. The minimum atomic E-state index is -0.955. The summed E-state index contributed by atoms with van der Waals surface area (Å²) in [5, 5.41) is 20.8. The van der Waals surface area contributed by atoms with Crippen molar-refractivity contribution in [1.29, 1.82) is 0 Å². The van der Waals surface area contributed by atoms with Crippen molar-refractivity contribution in [2.45, 2.75) is 13.5 Å². The standard InChI is InChI=1S/C21H20BN3O2/c1-14-12-18(23-13-16-4-2-3-5-19(16)22)10-11-20(14)25-24-17-8-6-15(7-9-17)21(26)27/h2-12,23H,13,22H2,1H3,(H,26,27)/b25-24+. The van der Waals surface area contributed by atoms with Gasteiger partial charge in [-0.1, -0.05) is 29.7 Å². The van der Waals surface area contributed by atoms with E-state index in [1.165, 1.54) is 23.2 Å². The minimum absolute atomic E-state index is 0.231. The average molecular weight is 357 g/mol. The molecule has 0 aromatic heterocycles. The molecular formula is C21H20BN3O2. The maximum absolute atomic E-state index is 10.9. The maximum Gasteiger partial charge on any atom is 0.335 e. The first-order chi connectivity index (χ1) is 13.0. The molecule has 0 saturated heterocycles. The van der Waals surface area contributed by atoms with Gasteiger partial charge in [-0.25, -0.2) is 4.79 Å². The van der Waals surface area contributed by atoms with E-state index in [9.17, 15) is 4.79 Å². The van der Waals surface area contributed by atoms with Crippen molar-refractivity contribution in [1.82, 2.24) is 0 Å². The Morgan fingerprint density at radius 3 is 2.44 bits per heavy atom. The van der Waals surface area contributed by atoms with Gasteiger partial charge in [0, 0.05) is 12.2 Å². The molecule has 0 unspecified atom stereocenters. The Morgan fingerprint density at radius 2 is 1.78 bits per heavy atom. The topological polar surface area (TPSA) is 74.0 Å². The van der Waals surface area contributed by atoms with Crippen LogP contribution >= 0.6 is 0 Å². The van der Waals surface area contributed by atoms with Crippen molar-refractivity contribution in [2.75, 3.05) is 5.32 Å².